The van der Waals surface area contributed by atoms with Gasteiger partial charge >= 0.3 is 6.09 Å². The first kappa shape index (κ1) is 23.9. The van der Waals surface area contributed by atoms with Gasteiger partial charge in [-0.25, -0.2) is 4.79 Å². The van der Waals surface area contributed by atoms with E-state index in [2.05, 4.69) is 5.32 Å². The van der Waals surface area contributed by atoms with Crippen LogP contribution in [0.5, 0.6) is 0 Å². The molecule has 1 saturated heterocycles. The molecule has 5 rings (SSSR count). The number of amides is 1. The number of fused-ring (bicyclic) bond motifs is 3. The smallest absolute Gasteiger partial charge is 0.410 e. The van der Waals surface area contributed by atoms with Crippen molar-refractivity contribution in [2.45, 2.75) is 25.1 Å². The number of nitrogens with one attached hydrogen (secondary N) is 1. The average Bonchev–Trinajstić information content (AvgIpc) is 3.28. The van der Waals surface area contributed by atoms with E-state index in [4.69, 9.17) is 62.7 Å². The molecule has 0 spiro atoms. The third-order valence-electron chi connectivity index (χ3n) is 6.42. The van der Waals surface area contributed by atoms with Crippen molar-refractivity contribution in [2.75, 3.05) is 11.9 Å². The molecule has 2 aliphatic heterocycles. The fourth-order valence-electron chi connectivity index (χ4n) is 4.88. The van der Waals surface area contributed by atoms with Crippen molar-refractivity contribution in [2.24, 2.45) is 5.92 Å². The van der Waals surface area contributed by atoms with Crippen molar-refractivity contribution in [3.63, 3.8) is 0 Å². The highest BCUT2D eigenvalue weighted by atomic mass is 35.5. The maximum atomic E-state index is 13.2. The Balaban J connectivity index is 1.53. The number of hydrogen-bond acceptors (Lipinski definition) is 3. The number of benzene rings is 3. The minimum atomic E-state index is -0.413. The number of halogens is 5. The largest absolute Gasteiger partial charge is 0.445 e. The topological polar surface area (TPSA) is 41.6 Å². The molecule has 4 nitrogen and oxygen atoms in total. The summed E-state index contributed by atoms with van der Waals surface area (Å²) in [5.41, 5.74) is 3.21. The van der Waals surface area contributed by atoms with Crippen LogP contribution in [0.15, 0.2) is 54.6 Å². The highest BCUT2D eigenvalue weighted by Gasteiger charge is 2.48. The Morgan fingerprint density at radius 2 is 1.71 bits per heavy atom. The van der Waals surface area contributed by atoms with Gasteiger partial charge in [0.2, 0.25) is 0 Å². The monoisotopic (exact) mass is 554 g/mol. The molecule has 1 unspecified atom stereocenters. The van der Waals surface area contributed by atoms with Gasteiger partial charge < -0.3 is 15.0 Å². The fraction of sp³-hybridized carbons (Fsp3) is 0.240. The number of likely N-dealkylation sites (tertiary alicyclic amines) is 1. The number of carbonyl (C=O) groups excluding carboxylic acids is 1. The summed E-state index contributed by atoms with van der Waals surface area (Å²) in [6, 6.07) is 16.2. The van der Waals surface area contributed by atoms with E-state index in [0.29, 0.717) is 42.9 Å². The third kappa shape index (κ3) is 4.31. The summed E-state index contributed by atoms with van der Waals surface area (Å²) in [6.07, 6.45) is 0.312. The molecule has 0 bridgehead atoms. The van der Waals surface area contributed by atoms with Gasteiger partial charge in [0.15, 0.2) is 0 Å². The highest BCUT2D eigenvalue weighted by Crippen LogP contribution is 2.56. The lowest BCUT2D eigenvalue weighted by Crippen LogP contribution is -2.38. The van der Waals surface area contributed by atoms with E-state index >= 15 is 0 Å². The molecular formula is C25H19Cl5N2O2. The summed E-state index contributed by atoms with van der Waals surface area (Å²) >= 11 is 32.1. The summed E-state index contributed by atoms with van der Waals surface area (Å²) in [5.74, 6) is -0.0129. The van der Waals surface area contributed by atoms with Crippen LogP contribution in [0.1, 0.15) is 35.2 Å². The van der Waals surface area contributed by atoms with Crippen molar-refractivity contribution in [1.29, 1.82) is 0 Å². The van der Waals surface area contributed by atoms with Gasteiger partial charge in [-0.1, -0.05) is 94.4 Å². The lowest BCUT2D eigenvalue weighted by Gasteiger charge is -2.40. The molecule has 0 radical (unpaired) electrons. The standard InChI is InChI=1S/C25H19Cl5N2O2/c26-16-7-6-14(10-17(16)27)22-15-8-9-32(25(33)34-12-13-4-2-1-3-5-13)24(15)20-21(30)18(28)11-19(29)23(20)31-22/h1-7,10-11,15,22,24,31H,8-9,12H2/t15-,22?,24-/m0/s1. The SMILES string of the molecule is O=C(OCc1ccccc1)N1CC[C@H]2C(c3ccc(Cl)c(Cl)c3)Nc3c(Cl)cc(Cl)c(Cl)c3[C@H]21. The lowest BCUT2D eigenvalue weighted by molar-refractivity contribution is 0.0865. The summed E-state index contributed by atoms with van der Waals surface area (Å²) in [7, 11) is 0. The summed E-state index contributed by atoms with van der Waals surface area (Å²) in [6.45, 7) is 0.682. The first-order valence-electron chi connectivity index (χ1n) is 10.7. The molecule has 176 valence electrons. The van der Waals surface area contributed by atoms with E-state index in [1.54, 1.807) is 17.0 Å². The van der Waals surface area contributed by atoms with Crippen LogP contribution in [0.4, 0.5) is 10.5 Å². The van der Waals surface area contributed by atoms with Gasteiger partial charge in [0.25, 0.3) is 0 Å². The van der Waals surface area contributed by atoms with E-state index in [1.807, 2.05) is 42.5 Å². The van der Waals surface area contributed by atoms with E-state index in [-0.39, 0.29) is 24.6 Å². The first-order valence-corrected chi connectivity index (χ1v) is 12.6. The highest BCUT2D eigenvalue weighted by molar-refractivity contribution is 6.45. The average molecular weight is 557 g/mol. The zero-order valence-corrected chi connectivity index (χ0v) is 21.5. The Kier molecular flexibility index (Phi) is 6.80. The second-order valence-corrected chi connectivity index (χ2v) is 10.4. The van der Waals surface area contributed by atoms with Gasteiger partial charge in [0.05, 0.1) is 42.9 Å². The van der Waals surface area contributed by atoms with Gasteiger partial charge in [0, 0.05) is 18.0 Å². The number of carbonyl (C=O) groups is 1. The Hall–Kier alpha value is -1.82. The van der Waals surface area contributed by atoms with Crippen LogP contribution >= 0.6 is 58.0 Å². The van der Waals surface area contributed by atoms with E-state index in [1.165, 1.54) is 0 Å². The predicted octanol–water partition coefficient (Wildman–Crippen LogP) is 8.82. The molecule has 0 saturated carbocycles. The maximum absolute atomic E-state index is 13.2. The van der Waals surface area contributed by atoms with Crippen LogP contribution in [0, 0.1) is 5.92 Å². The first-order chi connectivity index (χ1) is 16.3. The van der Waals surface area contributed by atoms with Crippen LogP contribution in [0.3, 0.4) is 0 Å². The van der Waals surface area contributed by atoms with Crippen LogP contribution < -0.4 is 5.32 Å². The minimum Gasteiger partial charge on any atom is -0.445 e. The molecule has 0 aromatic heterocycles. The predicted molar refractivity (Wildman–Crippen MR) is 138 cm³/mol. The number of anilines is 1. The van der Waals surface area contributed by atoms with Gasteiger partial charge in [-0.3, -0.25) is 0 Å². The van der Waals surface area contributed by atoms with Gasteiger partial charge in [0.1, 0.15) is 6.61 Å². The Morgan fingerprint density at radius 1 is 0.941 bits per heavy atom. The summed E-state index contributed by atoms with van der Waals surface area (Å²) < 4.78 is 5.67. The maximum Gasteiger partial charge on any atom is 0.410 e. The van der Waals surface area contributed by atoms with Crippen LogP contribution in [-0.2, 0) is 11.3 Å². The number of nitrogens with zero attached hydrogens (tertiary/aromatic N) is 1. The molecule has 34 heavy (non-hydrogen) atoms. The molecular weight excluding hydrogens is 538 g/mol. The number of hydrogen-bond donors (Lipinski definition) is 1. The Morgan fingerprint density at radius 3 is 2.44 bits per heavy atom. The molecule has 1 amide bonds. The van der Waals surface area contributed by atoms with Crippen LogP contribution in [0.25, 0.3) is 0 Å². The quantitative estimate of drug-likeness (QED) is 0.328. The number of ether oxygens (including phenoxy) is 1. The lowest BCUT2D eigenvalue weighted by atomic mass is 9.80. The fourth-order valence-corrected chi connectivity index (χ4v) is 5.98. The van der Waals surface area contributed by atoms with Gasteiger partial charge in [-0.15, -0.1) is 0 Å². The summed E-state index contributed by atoms with van der Waals surface area (Å²) in [4.78, 5) is 15.0. The third-order valence-corrected chi connectivity index (χ3v) is 8.26. The normalized spacial score (nSPS) is 21.0. The zero-order valence-electron chi connectivity index (χ0n) is 17.7. The Labute approximate surface area is 222 Å². The second-order valence-electron chi connectivity index (χ2n) is 8.37. The summed E-state index contributed by atoms with van der Waals surface area (Å²) in [5, 5.41) is 5.60. The van der Waals surface area contributed by atoms with Crippen molar-refractivity contribution in [3.05, 3.63) is 96.4 Å². The van der Waals surface area contributed by atoms with E-state index < -0.39 is 6.09 Å². The van der Waals surface area contributed by atoms with Crippen LogP contribution in [0.2, 0.25) is 25.1 Å². The molecule has 3 atom stereocenters. The number of rotatable bonds is 3. The Bertz CT molecular complexity index is 1250. The molecule has 9 heteroatoms. The molecule has 3 aromatic rings. The molecule has 3 aromatic carbocycles. The molecule has 0 aliphatic carbocycles. The molecule has 2 aliphatic rings. The van der Waals surface area contributed by atoms with Gasteiger partial charge in [-0.05, 0) is 35.7 Å². The second kappa shape index (κ2) is 9.67. The van der Waals surface area contributed by atoms with Crippen LogP contribution in [-0.4, -0.2) is 17.5 Å². The van der Waals surface area contributed by atoms with Crippen molar-refractivity contribution < 1.29 is 9.53 Å². The van der Waals surface area contributed by atoms with E-state index in [0.717, 1.165) is 17.5 Å². The minimum absolute atomic E-state index is 0.0129. The molecule has 1 N–H and O–H groups in total. The van der Waals surface area contributed by atoms with Crippen molar-refractivity contribution in [1.82, 2.24) is 4.90 Å². The van der Waals surface area contributed by atoms with Crippen molar-refractivity contribution in [3.8, 4) is 0 Å². The molecule has 2 heterocycles. The van der Waals surface area contributed by atoms with Gasteiger partial charge in [-0.2, -0.15) is 0 Å². The van der Waals surface area contributed by atoms with E-state index in [9.17, 15) is 4.79 Å². The molecule has 1 fully saturated rings. The van der Waals surface area contributed by atoms with Crippen molar-refractivity contribution >= 4 is 69.8 Å². The zero-order chi connectivity index (χ0) is 24.0.